The van der Waals surface area contributed by atoms with Crippen molar-refractivity contribution >= 4 is 5.97 Å². The van der Waals surface area contributed by atoms with Gasteiger partial charge in [0.15, 0.2) is 12.1 Å². The van der Waals surface area contributed by atoms with E-state index in [4.69, 9.17) is 28.4 Å². The summed E-state index contributed by atoms with van der Waals surface area (Å²) in [5, 5.41) is 67.8. The molecule has 0 unspecified atom stereocenters. The number of aliphatic hydroxyl groups excluding tert-OH is 5. The standard InChI is InChI=1S/C45H74O13/c1-13-16-34-28(7)37(56-38-22-33(46)42(50)31(10)55-38)23-45(52,58-34)30(9)41(49)29(8)43-35(53-11)18-15-17-24(3)19-26(5)39(47)32(14-2)40(48)27(6)20-25(4)21-36(54-12)44(51)57-43/h13,15-18,20-21,26-35,37-43,46-50,52H,14,19,22-23H2,1-12H3/b16-13+,18-15?,24-17?,25-20?,36-21?/t26-,27-,28-,29+,30+,31-,32+,33-,34-,35+,37-,38+,39+,40-,41-,42-,43-,45-/m1/s1. The van der Waals surface area contributed by atoms with Gasteiger partial charge in [0, 0.05) is 49.5 Å². The number of hydrogen-bond donors (Lipinski definition) is 6. The SMILES string of the molecule is C/C=C/[C@H]1O[C@@](O)([C@@H](C)[C@H](O)[C@H](C)[C@H]2OC(=O)C(OC)=CC(C)=C[C@@H](C)[C@@H](O)[C@@H](CC)[C@@H](O)[C@H](C)CC(C)=CC=C[C@@H]2OC)C[C@@H](O[C@H]2C[C@@H](O)[C@H](O)[C@@H](C)O2)[C@@H]1C. The van der Waals surface area contributed by atoms with Gasteiger partial charge in [-0.3, -0.25) is 0 Å². The number of allylic oxidation sites excluding steroid dienone is 6. The van der Waals surface area contributed by atoms with Crippen molar-refractivity contribution in [3.8, 4) is 0 Å². The lowest BCUT2D eigenvalue weighted by atomic mass is 9.77. The minimum atomic E-state index is -1.93. The number of aliphatic hydroxyl groups is 6. The summed E-state index contributed by atoms with van der Waals surface area (Å²) in [7, 11) is 2.83. The first-order chi connectivity index (χ1) is 27.2. The highest BCUT2D eigenvalue weighted by atomic mass is 16.7. The zero-order valence-electron chi connectivity index (χ0n) is 36.7. The highest BCUT2D eigenvalue weighted by Gasteiger charge is 2.52. The van der Waals surface area contributed by atoms with Crippen LogP contribution in [0.5, 0.6) is 0 Å². The quantitative estimate of drug-likeness (QED) is 0.129. The first-order valence-electron chi connectivity index (χ1n) is 21.0. The van der Waals surface area contributed by atoms with E-state index in [1.54, 1.807) is 39.8 Å². The van der Waals surface area contributed by atoms with Crippen LogP contribution in [0.15, 0.2) is 59.4 Å². The third-order valence-electron chi connectivity index (χ3n) is 12.5. The highest BCUT2D eigenvalue weighted by molar-refractivity contribution is 5.87. The summed E-state index contributed by atoms with van der Waals surface area (Å²) in [6.45, 7) is 18.3. The fourth-order valence-electron chi connectivity index (χ4n) is 8.64. The van der Waals surface area contributed by atoms with Crippen LogP contribution in [0, 0.1) is 35.5 Å². The number of hydrogen-bond acceptors (Lipinski definition) is 13. The lowest BCUT2D eigenvalue weighted by Crippen LogP contribution is -2.59. The summed E-state index contributed by atoms with van der Waals surface area (Å²) < 4.78 is 36.1. The number of esters is 1. The van der Waals surface area contributed by atoms with Crippen LogP contribution in [0.25, 0.3) is 0 Å². The van der Waals surface area contributed by atoms with Gasteiger partial charge in [-0.25, -0.2) is 4.79 Å². The zero-order chi connectivity index (χ0) is 43.6. The largest absolute Gasteiger partial charge is 0.490 e. The highest BCUT2D eigenvalue weighted by Crippen LogP contribution is 2.42. The molecule has 18 atom stereocenters. The summed E-state index contributed by atoms with van der Waals surface area (Å²) >= 11 is 0. The van der Waals surface area contributed by atoms with Crippen LogP contribution in [0.4, 0.5) is 0 Å². The van der Waals surface area contributed by atoms with E-state index in [0.717, 1.165) is 5.57 Å². The Morgan fingerprint density at radius 1 is 1.03 bits per heavy atom. The molecule has 2 saturated heterocycles. The fraction of sp³-hybridized carbons (Fsp3) is 0.756. The van der Waals surface area contributed by atoms with E-state index in [2.05, 4.69) is 0 Å². The van der Waals surface area contributed by atoms with E-state index >= 15 is 0 Å². The van der Waals surface area contributed by atoms with E-state index < -0.39 is 90.9 Å². The van der Waals surface area contributed by atoms with Gasteiger partial charge in [-0.05, 0) is 52.5 Å². The number of carbonyl (C=O) groups excluding carboxylic acids is 1. The van der Waals surface area contributed by atoms with Crippen LogP contribution in [-0.4, -0.2) is 124 Å². The first kappa shape index (κ1) is 49.9. The van der Waals surface area contributed by atoms with Gasteiger partial charge in [0.05, 0.1) is 49.8 Å². The van der Waals surface area contributed by atoms with Crippen molar-refractivity contribution in [1.29, 1.82) is 0 Å². The normalized spacial score (nSPS) is 40.7. The van der Waals surface area contributed by atoms with Crippen molar-refractivity contribution in [3.63, 3.8) is 0 Å². The number of cyclic esters (lactones) is 1. The lowest BCUT2D eigenvalue weighted by molar-refractivity contribution is -0.339. The molecule has 0 amide bonds. The molecule has 0 aromatic rings. The topological polar surface area (TPSA) is 194 Å². The Hall–Kier alpha value is -2.43. The summed E-state index contributed by atoms with van der Waals surface area (Å²) in [6, 6.07) is 0. The van der Waals surface area contributed by atoms with Crippen LogP contribution >= 0.6 is 0 Å². The molecule has 2 fully saturated rings. The van der Waals surface area contributed by atoms with Gasteiger partial charge in [-0.1, -0.05) is 89.1 Å². The third kappa shape index (κ3) is 12.6. The Labute approximate surface area is 346 Å². The Morgan fingerprint density at radius 3 is 2.29 bits per heavy atom. The van der Waals surface area contributed by atoms with Crippen LogP contribution in [0.2, 0.25) is 0 Å². The maximum atomic E-state index is 13.9. The van der Waals surface area contributed by atoms with Gasteiger partial charge >= 0.3 is 5.97 Å². The molecule has 3 aliphatic heterocycles. The number of ether oxygens (including phenoxy) is 6. The molecule has 58 heavy (non-hydrogen) atoms. The Kier molecular flexibility index (Phi) is 19.3. The van der Waals surface area contributed by atoms with E-state index in [-0.39, 0.29) is 42.3 Å². The zero-order valence-corrected chi connectivity index (χ0v) is 36.7. The molecule has 0 spiro atoms. The monoisotopic (exact) mass is 823 g/mol. The second-order valence-corrected chi connectivity index (χ2v) is 17.1. The molecule has 0 aliphatic carbocycles. The van der Waals surface area contributed by atoms with Crippen molar-refractivity contribution in [3.05, 3.63) is 59.4 Å². The van der Waals surface area contributed by atoms with Crippen molar-refractivity contribution in [1.82, 2.24) is 0 Å². The van der Waals surface area contributed by atoms with Gasteiger partial charge in [-0.2, -0.15) is 0 Å². The fourth-order valence-corrected chi connectivity index (χ4v) is 8.64. The second-order valence-electron chi connectivity index (χ2n) is 17.1. The van der Waals surface area contributed by atoms with Gasteiger partial charge in [0.1, 0.15) is 18.3 Å². The average Bonchev–Trinajstić information content (AvgIpc) is 3.17. The van der Waals surface area contributed by atoms with Gasteiger partial charge in [-0.15, -0.1) is 0 Å². The van der Waals surface area contributed by atoms with Crippen LogP contribution in [0.1, 0.15) is 94.9 Å². The molecule has 0 aromatic carbocycles. The Morgan fingerprint density at radius 2 is 1.71 bits per heavy atom. The Balaban J connectivity index is 2.02. The summed E-state index contributed by atoms with van der Waals surface area (Å²) in [6.07, 6.45) is 3.82. The third-order valence-corrected chi connectivity index (χ3v) is 12.5. The molecule has 0 aromatic heterocycles. The van der Waals surface area contributed by atoms with Crippen molar-refractivity contribution in [2.75, 3.05) is 14.2 Å². The van der Waals surface area contributed by atoms with E-state index in [1.165, 1.54) is 20.3 Å². The predicted octanol–water partition coefficient (Wildman–Crippen LogP) is 4.88. The average molecular weight is 823 g/mol. The molecule has 0 saturated carbocycles. The van der Waals surface area contributed by atoms with Gasteiger partial charge in [0.25, 0.3) is 0 Å². The van der Waals surface area contributed by atoms with Crippen LogP contribution in [-0.2, 0) is 33.2 Å². The maximum Gasteiger partial charge on any atom is 0.373 e. The molecule has 332 valence electrons. The lowest BCUT2D eigenvalue weighted by Gasteiger charge is -2.49. The molecule has 13 nitrogen and oxygen atoms in total. The van der Waals surface area contributed by atoms with E-state index in [0.29, 0.717) is 18.4 Å². The molecule has 3 rings (SSSR count). The molecular weight excluding hydrogens is 748 g/mol. The number of carbonyl (C=O) groups is 1. The van der Waals surface area contributed by atoms with Gasteiger partial charge in [0.2, 0.25) is 5.76 Å². The summed E-state index contributed by atoms with van der Waals surface area (Å²) in [5.41, 5.74) is 1.61. The molecule has 6 N–H and O–H groups in total. The minimum absolute atomic E-state index is 0.0414. The van der Waals surface area contributed by atoms with E-state index in [9.17, 15) is 35.4 Å². The van der Waals surface area contributed by atoms with Crippen molar-refractivity contribution < 1.29 is 63.9 Å². The molecule has 13 heteroatoms. The molecule has 0 bridgehead atoms. The second kappa shape index (κ2) is 22.4. The smallest absolute Gasteiger partial charge is 0.373 e. The van der Waals surface area contributed by atoms with Crippen LogP contribution in [0.3, 0.4) is 0 Å². The molecule has 3 aliphatic rings. The predicted molar refractivity (Wildman–Crippen MR) is 220 cm³/mol. The number of rotatable bonds is 10. The van der Waals surface area contributed by atoms with E-state index in [1.807, 2.05) is 65.8 Å². The first-order valence-corrected chi connectivity index (χ1v) is 21.0. The molecule has 3 heterocycles. The van der Waals surface area contributed by atoms with Crippen LogP contribution < -0.4 is 0 Å². The van der Waals surface area contributed by atoms with Gasteiger partial charge < -0.3 is 59.1 Å². The summed E-state index contributed by atoms with van der Waals surface area (Å²) in [5.74, 6) is -5.78. The maximum absolute atomic E-state index is 13.9. The Bertz CT molecular complexity index is 1450. The summed E-state index contributed by atoms with van der Waals surface area (Å²) in [4.78, 5) is 13.9. The van der Waals surface area contributed by atoms with Crippen molar-refractivity contribution in [2.24, 2.45) is 35.5 Å². The minimum Gasteiger partial charge on any atom is -0.490 e. The van der Waals surface area contributed by atoms with Crippen molar-refractivity contribution in [2.45, 2.75) is 168 Å². The molecule has 0 radical (unpaired) electrons. The number of methoxy groups -OCH3 is 2. The molecular formula is C45H74O13.